The second-order valence-corrected chi connectivity index (χ2v) is 8.22. The molecule has 0 aliphatic carbocycles. The quantitative estimate of drug-likeness (QED) is 0.345. The zero-order valence-corrected chi connectivity index (χ0v) is 18.0. The lowest BCUT2D eigenvalue weighted by atomic mass is 9.86. The molecule has 0 saturated carbocycles. The Balaban J connectivity index is 2.08. The molecule has 0 aliphatic heterocycles. The first-order chi connectivity index (χ1) is 15.0. The highest BCUT2D eigenvalue weighted by Gasteiger charge is 2.30. The van der Waals surface area contributed by atoms with E-state index in [1.165, 1.54) is 37.3 Å². The van der Waals surface area contributed by atoms with E-state index in [-0.39, 0.29) is 23.4 Å². The maximum atomic E-state index is 13.6. The monoisotopic (exact) mass is 444 g/mol. The molecule has 3 aromatic rings. The molecule has 0 bridgehead atoms. The number of ether oxygens (including phenoxy) is 1. The van der Waals surface area contributed by atoms with Crippen LogP contribution in [-0.2, 0) is 11.0 Å². The van der Waals surface area contributed by atoms with E-state index in [1.807, 2.05) is 13.8 Å². The van der Waals surface area contributed by atoms with Gasteiger partial charge in [-0.2, -0.15) is 13.2 Å². The van der Waals surface area contributed by atoms with Crippen LogP contribution < -0.4 is 4.74 Å². The van der Waals surface area contributed by atoms with Gasteiger partial charge in [0.1, 0.15) is 23.1 Å². The molecule has 3 rings (SSSR count). The van der Waals surface area contributed by atoms with E-state index in [4.69, 9.17) is 4.74 Å². The Hall–Kier alpha value is -3.15. The largest absolute Gasteiger partial charge is 0.457 e. The molecule has 0 spiro atoms. The SMILES string of the molecule is CC(=O)C(CC(C)C)c1cc(Oc2cccc(F)c2)cc(-c2ccc(C(F)(F)F)cc2)c1. The molecular formula is C26H24F4O2. The van der Waals surface area contributed by atoms with Crippen LogP contribution in [0.2, 0.25) is 0 Å². The van der Waals surface area contributed by atoms with Crippen LogP contribution >= 0.6 is 0 Å². The summed E-state index contributed by atoms with van der Waals surface area (Å²) >= 11 is 0. The molecule has 0 amide bonds. The number of ketones is 1. The van der Waals surface area contributed by atoms with E-state index < -0.39 is 17.6 Å². The molecule has 32 heavy (non-hydrogen) atoms. The van der Waals surface area contributed by atoms with Gasteiger partial charge in [0.2, 0.25) is 0 Å². The molecule has 0 saturated heterocycles. The molecule has 0 fully saturated rings. The summed E-state index contributed by atoms with van der Waals surface area (Å²) in [5.74, 6) is 0.0511. The summed E-state index contributed by atoms with van der Waals surface area (Å²) in [7, 11) is 0. The zero-order chi connectivity index (χ0) is 23.5. The number of benzene rings is 3. The van der Waals surface area contributed by atoms with Crippen molar-refractivity contribution in [3.8, 4) is 22.6 Å². The van der Waals surface area contributed by atoms with E-state index in [9.17, 15) is 22.4 Å². The Morgan fingerprint density at radius 3 is 2.16 bits per heavy atom. The Labute approximate surface area is 184 Å². The molecule has 6 heteroatoms. The van der Waals surface area contributed by atoms with Crippen LogP contribution in [0.3, 0.4) is 0 Å². The van der Waals surface area contributed by atoms with Gasteiger partial charge < -0.3 is 4.74 Å². The lowest BCUT2D eigenvalue weighted by Gasteiger charge is -2.19. The second-order valence-electron chi connectivity index (χ2n) is 8.22. The number of carbonyl (C=O) groups is 1. The van der Waals surface area contributed by atoms with Gasteiger partial charge in [-0.15, -0.1) is 0 Å². The molecule has 1 unspecified atom stereocenters. The minimum absolute atomic E-state index is 0.0139. The summed E-state index contributed by atoms with van der Waals surface area (Å²) in [6.45, 7) is 5.55. The predicted octanol–water partition coefficient (Wildman–Crippen LogP) is 8.02. The number of rotatable bonds is 7. The highest BCUT2D eigenvalue weighted by molar-refractivity contribution is 5.84. The van der Waals surface area contributed by atoms with Crippen LogP contribution in [0.25, 0.3) is 11.1 Å². The molecule has 0 aromatic heterocycles. The smallest absolute Gasteiger partial charge is 0.416 e. The van der Waals surface area contributed by atoms with Crippen molar-refractivity contribution in [2.45, 2.75) is 39.3 Å². The van der Waals surface area contributed by atoms with Gasteiger partial charge in [0, 0.05) is 12.0 Å². The number of hydrogen-bond donors (Lipinski definition) is 0. The molecule has 2 nitrogen and oxygen atoms in total. The van der Waals surface area contributed by atoms with Crippen LogP contribution in [-0.4, -0.2) is 5.78 Å². The average molecular weight is 444 g/mol. The Morgan fingerprint density at radius 2 is 1.59 bits per heavy atom. The third kappa shape index (κ3) is 5.96. The highest BCUT2D eigenvalue weighted by Crippen LogP contribution is 2.36. The third-order valence-electron chi connectivity index (χ3n) is 5.11. The van der Waals surface area contributed by atoms with Crippen LogP contribution in [0.15, 0.2) is 66.7 Å². The third-order valence-corrected chi connectivity index (χ3v) is 5.11. The first-order valence-corrected chi connectivity index (χ1v) is 10.3. The van der Waals surface area contributed by atoms with Crippen molar-refractivity contribution < 1.29 is 27.1 Å². The number of hydrogen-bond acceptors (Lipinski definition) is 2. The summed E-state index contributed by atoms with van der Waals surface area (Å²) in [6, 6.07) is 15.7. The van der Waals surface area contributed by atoms with Crippen LogP contribution in [0.4, 0.5) is 17.6 Å². The topological polar surface area (TPSA) is 26.3 Å². The van der Waals surface area contributed by atoms with Crippen LogP contribution in [0, 0.1) is 11.7 Å². The highest BCUT2D eigenvalue weighted by atomic mass is 19.4. The van der Waals surface area contributed by atoms with Gasteiger partial charge >= 0.3 is 6.18 Å². The van der Waals surface area contributed by atoms with Crippen molar-refractivity contribution in [1.29, 1.82) is 0 Å². The molecule has 0 N–H and O–H groups in total. The van der Waals surface area contributed by atoms with Crippen LogP contribution in [0.1, 0.15) is 44.2 Å². The standard InChI is InChI=1S/C26H24F4O2/c1-16(2)11-25(17(3)31)20-12-19(18-7-9-21(10-8-18)26(28,29)30)13-24(14-20)32-23-6-4-5-22(27)15-23/h4-10,12-16,25H,11H2,1-3H3. The summed E-state index contributed by atoms with van der Waals surface area (Å²) < 4.78 is 58.3. The van der Waals surface area contributed by atoms with E-state index >= 15 is 0 Å². The van der Waals surface area contributed by atoms with Crippen molar-refractivity contribution in [2.75, 3.05) is 0 Å². The van der Waals surface area contributed by atoms with Crippen molar-refractivity contribution in [3.05, 3.63) is 83.7 Å². The summed E-state index contributed by atoms with van der Waals surface area (Å²) in [4.78, 5) is 12.4. The fourth-order valence-electron chi connectivity index (χ4n) is 3.58. The molecule has 0 aliphatic rings. The number of alkyl halides is 3. The molecule has 168 valence electrons. The molecule has 1 atom stereocenters. The van der Waals surface area contributed by atoms with Crippen molar-refractivity contribution in [1.82, 2.24) is 0 Å². The fraction of sp³-hybridized carbons (Fsp3) is 0.269. The maximum absolute atomic E-state index is 13.6. The van der Waals surface area contributed by atoms with Gasteiger partial charge in [-0.05, 0) is 72.4 Å². The minimum Gasteiger partial charge on any atom is -0.457 e. The number of halogens is 4. The summed E-state index contributed by atoms with van der Waals surface area (Å²) in [5.41, 5.74) is 1.12. The Morgan fingerprint density at radius 1 is 0.906 bits per heavy atom. The van der Waals surface area contributed by atoms with Gasteiger partial charge in [0.25, 0.3) is 0 Å². The first-order valence-electron chi connectivity index (χ1n) is 10.3. The van der Waals surface area contributed by atoms with Crippen LogP contribution in [0.5, 0.6) is 11.5 Å². The predicted molar refractivity (Wildman–Crippen MR) is 116 cm³/mol. The summed E-state index contributed by atoms with van der Waals surface area (Å²) in [5, 5.41) is 0. The van der Waals surface area contributed by atoms with E-state index in [0.29, 0.717) is 28.9 Å². The Bertz CT molecular complexity index is 1090. The number of carbonyl (C=O) groups excluding carboxylic acids is 1. The number of Topliss-reactive ketones (excluding diaryl/α,β-unsaturated/α-hetero) is 1. The minimum atomic E-state index is -4.43. The van der Waals surface area contributed by atoms with Crippen molar-refractivity contribution in [2.24, 2.45) is 5.92 Å². The maximum Gasteiger partial charge on any atom is 0.416 e. The summed E-state index contributed by atoms with van der Waals surface area (Å²) in [6.07, 6.45) is -3.81. The lowest BCUT2D eigenvalue weighted by Crippen LogP contribution is -2.12. The molecule has 0 radical (unpaired) electrons. The normalized spacial score (nSPS) is 12.6. The van der Waals surface area contributed by atoms with Gasteiger partial charge in [0.15, 0.2) is 0 Å². The lowest BCUT2D eigenvalue weighted by molar-refractivity contribution is -0.137. The Kier molecular flexibility index (Phi) is 7.02. The second kappa shape index (κ2) is 9.55. The molecular weight excluding hydrogens is 420 g/mol. The molecule has 0 heterocycles. The average Bonchev–Trinajstić information content (AvgIpc) is 2.71. The fourth-order valence-corrected chi connectivity index (χ4v) is 3.58. The first kappa shape index (κ1) is 23.5. The van der Waals surface area contributed by atoms with Gasteiger partial charge in [-0.25, -0.2) is 4.39 Å². The van der Waals surface area contributed by atoms with Crippen molar-refractivity contribution >= 4 is 5.78 Å². The van der Waals surface area contributed by atoms with Gasteiger partial charge in [0.05, 0.1) is 5.56 Å². The van der Waals surface area contributed by atoms with E-state index in [0.717, 1.165) is 12.1 Å². The van der Waals surface area contributed by atoms with E-state index in [2.05, 4.69) is 0 Å². The van der Waals surface area contributed by atoms with Gasteiger partial charge in [-0.3, -0.25) is 4.79 Å². The molecule has 3 aromatic carbocycles. The van der Waals surface area contributed by atoms with Gasteiger partial charge in [-0.1, -0.05) is 38.1 Å². The zero-order valence-electron chi connectivity index (χ0n) is 18.0. The van der Waals surface area contributed by atoms with E-state index in [1.54, 1.807) is 24.3 Å². The van der Waals surface area contributed by atoms with Crippen molar-refractivity contribution in [3.63, 3.8) is 0 Å².